The van der Waals surface area contributed by atoms with Gasteiger partial charge < -0.3 is 10.2 Å². The third-order valence-corrected chi connectivity index (χ3v) is 3.56. The molecule has 1 amide bonds. The Morgan fingerprint density at radius 1 is 1.42 bits per heavy atom. The fraction of sp³-hybridized carbons (Fsp3) is 0.571. The molecule has 0 unspecified atom stereocenters. The van der Waals surface area contributed by atoms with Crippen molar-refractivity contribution in [3.8, 4) is 0 Å². The first-order chi connectivity index (χ1) is 9.00. The van der Waals surface area contributed by atoms with E-state index in [1.807, 2.05) is 0 Å². The minimum Gasteiger partial charge on any atom is -0.352 e. The van der Waals surface area contributed by atoms with Gasteiger partial charge in [0.15, 0.2) is 0 Å². The molecule has 0 fully saturated rings. The lowest BCUT2D eigenvalue weighted by Gasteiger charge is -2.20. The molecule has 0 spiro atoms. The van der Waals surface area contributed by atoms with E-state index in [1.54, 1.807) is 18.3 Å². The third-order valence-electron chi connectivity index (χ3n) is 3.09. The van der Waals surface area contributed by atoms with Gasteiger partial charge in [-0.1, -0.05) is 0 Å². The lowest BCUT2D eigenvalue weighted by atomic mass is 10.2. The Morgan fingerprint density at radius 2 is 2.16 bits per heavy atom. The minimum absolute atomic E-state index is 0.0581. The molecule has 0 atom stereocenters. The standard InChI is InChI=1S/C14H22BrN3O/c1-11(2)18(3)9-5-4-8-16-14(19)12-6-7-13(15)17-10-12/h6-7,10-11H,4-5,8-9H2,1-3H3,(H,16,19). The van der Waals surface area contributed by atoms with Gasteiger partial charge in [-0.2, -0.15) is 0 Å². The first-order valence-corrected chi connectivity index (χ1v) is 7.40. The number of amides is 1. The molecule has 19 heavy (non-hydrogen) atoms. The molecule has 106 valence electrons. The number of nitrogens with zero attached hydrogens (tertiary/aromatic N) is 2. The van der Waals surface area contributed by atoms with Crippen LogP contribution in [0.25, 0.3) is 0 Å². The van der Waals surface area contributed by atoms with E-state index in [2.05, 4.69) is 52.0 Å². The molecular formula is C14H22BrN3O. The van der Waals surface area contributed by atoms with E-state index >= 15 is 0 Å². The van der Waals surface area contributed by atoms with Crippen molar-refractivity contribution in [3.05, 3.63) is 28.5 Å². The zero-order chi connectivity index (χ0) is 14.3. The average Bonchev–Trinajstić information content (AvgIpc) is 2.38. The Labute approximate surface area is 123 Å². The fourth-order valence-corrected chi connectivity index (χ4v) is 1.79. The van der Waals surface area contributed by atoms with Crippen molar-refractivity contribution in [3.63, 3.8) is 0 Å². The predicted molar refractivity (Wildman–Crippen MR) is 81.3 cm³/mol. The molecule has 0 bridgehead atoms. The molecule has 4 nitrogen and oxygen atoms in total. The van der Waals surface area contributed by atoms with Crippen LogP contribution >= 0.6 is 15.9 Å². The summed E-state index contributed by atoms with van der Waals surface area (Å²) in [5, 5.41) is 2.91. The van der Waals surface area contributed by atoms with E-state index in [9.17, 15) is 4.79 Å². The van der Waals surface area contributed by atoms with E-state index in [0.29, 0.717) is 18.2 Å². The molecule has 1 N–H and O–H groups in total. The maximum Gasteiger partial charge on any atom is 0.252 e. The zero-order valence-electron chi connectivity index (χ0n) is 11.8. The second kappa shape index (κ2) is 8.27. The summed E-state index contributed by atoms with van der Waals surface area (Å²) in [6.45, 7) is 6.14. The van der Waals surface area contributed by atoms with E-state index in [4.69, 9.17) is 0 Å². The fourth-order valence-electron chi connectivity index (χ4n) is 1.56. The number of hydrogen-bond acceptors (Lipinski definition) is 3. The molecule has 0 aliphatic rings. The maximum atomic E-state index is 11.8. The number of rotatable bonds is 7. The summed E-state index contributed by atoms with van der Waals surface area (Å²) >= 11 is 3.25. The van der Waals surface area contributed by atoms with Crippen LogP contribution < -0.4 is 5.32 Å². The van der Waals surface area contributed by atoms with Crippen LogP contribution in [0.1, 0.15) is 37.0 Å². The summed E-state index contributed by atoms with van der Waals surface area (Å²) in [7, 11) is 2.12. The van der Waals surface area contributed by atoms with Crippen molar-refractivity contribution < 1.29 is 4.79 Å². The Balaban J connectivity index is 2.19. The van der Waals surface area contributed by atoms with Crippen LogP contribution in [0.5, 0.6) is 0 Å². The highest BCUT2D eigenvalue weighted by atomic mass is 79.9. The summed E-state index contributed by atoms with van der Waals surface area (Å²) in [4.78, 5) is 18.1. The molecule has 0 saturated carbocycles. The van der Waals surface area contributed by atoms with Crippen molar-refractivity contribution >= 4 is 21.8 Å². The van der Waals surface area contributed by atoms with Crippen molar-refractivity contribution in [1.82, 2.24) is 15.2 Å². The van der Waals surface area contributed by atoms with Crippen LogP contribution in [-0.4, -0.2) is 42.0 Å². The molecule has 1 heterocycles. The van der Waals surface area contributed by atoms with E-state index < -0.39 is 0 Å². The van der Waals surface area contributed by atoms with Gasteiger partial charge in [0.05, 0.1) is 5.56 Å². The molecule has 0 radical (unpaired) electrons. The number of pyridine rings is 1. The number of aromatic nitrogens is 1. The molecule has 0 saturated heterocycles. The number of carbonyl (C=O) groups excluding carboxylic acids is 1. The van der Waals surface area contributed by atoms with Crippen LogP contribution in [0.3, 0.4) is 0 Å². The van der Waals surface area contributed by atoms with Gasteiger partial charge in [0.2, 0.25) is 0 Å². The van der Waals surface area contributed by atoms with Crippen LogP contribution in [-0.2, 0) is 0 Å². The number of unbranched alkanes of at least 4 members (excludes halogenated alkanes) is 1. The SMILES string of the molecule is CC(C)N(C)CCCCNC(=O)c1ccc(Br)nc1. The Kier molecular flexibility index (Phi) is 7.02. The Hall–Kier alpha value is -0.940. The molecule has 5 heteroatoms. The van der Waals surface area contributed by atoms with Crippen LogP contribution in [0.15, 0.2) is 22.9 Å². The van der Waals surface area contributed by atoms with Gasteiger partial charge in [-0.3, -0.25) is 4.79 Å². The first-order valence-electron chi connectivity index (χ1n) is 6.60. The van der Waals surface area contributed by atoms with Gasteiger partial charge in [0.25, 0.3) is 5.91 Å². The summed E-state index contributed by atoms with van der Waals surface area (Å²) in [5.41, 5.74) is 0.600. The first kappa shape index (κ1) is 16.1. The predicted octanol–water partition coefficient (Wildman–Crippen LogP) is 2.69. The van der Waals surface area contributed by atoms with Gasteiger partial charge >= 0.3 is 0 Å². The Bertz CT molecular complexity index is 392. The van der Waals surface area contributed by atoms with Crippen molar-refractivity contribution in [2.45, 2.75) is 32.7 Å². The smallest absolute Gasteiger partial charge is 0.252 e. The molecule has 0 aromatic carbocycles. The number of halogens is 1. The summed E-state index contributed by atoms with van der Waals surface area (Å²) < 4.78 is 0.737. The summed E-state index contributed by atoms with van der Waals surface area (Å²) in [6.07, 6.45) is 3.66. The number of carbonyl (C=O) groups is 1. The van der Waals surface area contributed by atoms with Crippen molar-refractivity contribution in [2.24, 2.45) is 0 Å². The van der Waals surface area contributed by atoms with Crippen molar-refractivity contribution in [2.75, 3.05) is 20.1 Å². The van der Waals surface area contributed by atoms with Gasteiger partial charge in [0, 0.05) is 18.8 Å². The lowest BCUT2D eigenvalue weighted by Crippen LogP contribution is -2.29. The summed E-state index contributed by atoms with van der Waals surface area (Å²) in [5.74, 6) is -0.0581. The molecule has 1 aromatic heterocycles. The van der Waals surface area contributed by atoms with Gasteiger partial charge in [0.1, 0.15) is 4.60 Å². The highest BCUT2D eigenvalue weighted by molar-refractivity contribution is 9.10. The summed E-state index contributed by atoms with van der Waals surface area (Å²) in [6, 6.07) is 4.11. The van der Waals surface area contributed by atoms with Crippen LogP contribution in [0.2, 0.25) is 0 Å². The number of nitrogens with one attached hydrogen (secondary N) is 1. The average molecular weight is 328 g/mol. The van der Waals surface area contributed by atoms with E-state index in [-0.39, 0.29) is 5.91 Å². The highest BCUT2D eigenvalue weighted by Crippen LogP contribution is 2.06. The molecule has 0 aliphatic heterocycles. The molecule has 1 rings (SSSR count). The quantitative estimate of drug-likeness (QED) is 0.618. The second-order valence-corrected chi connectivity index (χ2v) is 5.72. The van der Waals surface area contributed by atoms with Gasteiger partial charge in [-0.15, -0.1) is 0 Å². The molecular weight excluding hydrogens is 306 g/mol. The van der Waals surface area contributed by atoms with Gasteiger partial charge in [-0.05, 0) is 68.3 Å². The van der Waals surface area contributed by atoms with Crippen LogP contribution in [0, 0.1) is 0 Å². The maximum absolute atomic E-state index is 11.8. The lowest BCUT2D eigenvalue weighted by molar-refractivity contribution is 0.0952. The van der Waals surface area contributed by atoms with E-state index in [1.165, 1.54) is 0 Å². The highest BCUT2D eigenvalue weighted by Gasteiger charge is 2.05. The second-order valence-electron chi connectivity index (χ2n) is 4.91. The van der Waals surface area contributed by atoms with Crippen LogP contribution in [0.4, 0.5) is 0 Å². The zero-order valence-corrected chi connectivity index (χ0v) is 13.4. The minimum atomic E-state index is -0.0581. The third kappa shape index (κ3) is 6.16. The molecule has 1 aromatic rings. The van der Waals surface area contributed by atoms with E-state index in [0.717, 1.165) is 24.0 Å². The topological polar surface area (TPSA) is 45.2 Å². The van der Waals surface area contributed by atoms with Crippen molar-refractivity contribution in [1.29, 1.82) is 0 Å². The monoisotopic (exact) mass is 327 g/mol. The van der Waals surface area contributed by atoms with Gasteiger partial charge in [-0.25, -0.2) is 4.98 Å². The normalized spacial score (nSPS) is 11.1. The molecule has 0 aliphatic carbocycles. The number of hydrogen-bond donors (Lipinski definition) is 1. The largest absolute Gasteiger partial charge is 0.352 e. The Morgan fingerprint density at radius 3 is 2.74 bits per heavy atom.